The maximum Gasteiger partial charge on any atom is 0.167 e. The number of fused-ring (bicyclic) bond motifs is 3. The van der Waals surface area contributed by atoms with E-state index in [4.69, 9.17) is 10.5 Å². The zero-order valence-electron chi connectivity index (χ0n) is 10.5. The third-order valence-electron chi connectivity index (χ3n) is 4.11. The van der Waals surface area contributed by atoms with Gasteiger partial charge in [0.15, 0.2) is 17.7 Å². The molecule has 5 N–H and O–H groups in total. The number of imidazole rings is 1. The van der Waals surface area contributed by atoms with Crippen LogP contribution in [-0.2, 0) is 4.74 Å². The van der Waals surface area contributed by atoms with Crippen molar-refractivity contribution in [3.05, 3.63) is 12.7 Å². The highest BCUT2D eigenvalue weighted by Crippen LogP contribution is 2.42. The standard InChI is InChI=1S/C11H14N6O3/c12-8-6-9(15-3-14-8)17(4-16-6)10-5-7(19)11(2-18,20-10)1-13-5/h3-5,7,10,13,18-19H,1-2H2,(H2,12,14,15)/t5-,7?,10+,11-/m0/s1. The molecule has 106 valence electrons. The number of hydrogen-bond acceptors (Lipinski definition) is 8. The molecule has 4 rings (SSSR count). The summed E-state index contributed by atoms with van der Waals surface area (Å²) in [6, 6.07) is -0.323. The van der Waals surface area contributed by atoms with Crippen LogP contribution in [0, 0.1) is 0 Å². The van der Waals surface area contributed by atoms with Gasteiger partial charge in [-0.1, -0.05) is 0 Å². The van der Waals surface area contributed by atoms with Gasteiger partial charge in [-0.3, -0.25) is 4.57 Å². The molecule has 2 aliphatic rings. The van der Waals surface area contributed by atoms with Gasteiger partial charge in [0.1, 0.15) is 23.5 Å². The fourth-order valence-corrected chi connectivity index (χ4v) is 2.99. The molecule has 9 nitrogen and oxygen atoms in total. The van der Waals surface area contributed by atoms with Crippen molar-refractivity contribution in [1.29, 1.82) is 0 Å². The summed E-state index contributed by atoms with van der Waals surface area (Å²) in [5, 5.41) is 22.9. The van der Waals surface area contributed by atoms with Crippen molar-refractivity contribution in [2.45, 2.75) is 24.0 Å². The molecule has 20 heavy (non-hydrogen) atoms. The summed E-state index contributed by atoms with van der Waals surface area (Å²) in [7, 11) is 0. The van der Waals surface area contributed by atoms with Gasteiger partial charge in [0.2, 0.25) is 0 Å². The number of hydrogen-bond donors (Lipinski definition) is 4. The number of morpholine rings is 1. The Balaban J connectivity index is 1.80. The molecule has 2 fully saturated rings. The number of rotatable bonds is 2. The van der Waals surface area contributed by atoms with E-state index >= 15 is 0 Å². The third kappa shape index (κ3) is 1.32. The molecule has 2 bridgehead atoms. The Hall–Kier alpha value is -1.81. The van der Waals surface area contributed by atoms with Crippen molar-refractivity contribution >= 4 is 17.0 Å². The van der Waals surface area contributed by atoms with Gasteiger partial charge in [-0.25, -0.2) is 15.0 Å². The van der Waals surface area contributed by atoms with Gasteiger partial charge >= 0.3 is 0 Å². The molecule has 0 spiro atoms. The van der Waals surface area contributed by atoms with Gasteiger partial charge < -0.3 is 26.0 Å². The summed E-state index contributed by atoms with van der Waals surface area (Å²) in [5.74, 6) is 0.294. The summed E-state index contributed by atoms with van der Waals surface area (Å²) in [4.78, 5) is 12.2. The molecule has 9 heteroatoms. The van der Waals surface area contributed by atoms with Gasteiger partial charge in [0, 0.05) is 6.54 Å². The lowest BCUT2D eigenvalue weighted by Gasteiger charge is -2.30. The van der Waals surface area contributed by atoms with Gasteiger partial charge in [-0.2, -0.15) is 0 Å². The molecule has 2 saturated heterocycles. The summed E-state index contributed by atoms with van der Waals surface area (Å²) in [6.07, 6.45) is 1.63. The van der Waals surface area contributed by atoms with Crippen LogP contribution in [0.15, 0.2) is 12.7 Å². The monoisotopic (exact) mass is 278 g/mol. The molecule has 0 saturated carbocycles. The highest BCUT2D eigenvalue weighted by atomic mass is 16.6. The lowest BCUT2D eigenvalue weighted by Crippen LogP contribution is -2.46. The highest BCUT2D eigenvalue weighted by molar-refractivity contribution is 5.81. The number of nitrogens with zero attached hydrogens (tertiary/aromatic N) is 4. The Morgan fingerprint density at radius 1 is 1.50 bits per heavy atom. The molecule has 0 radical (unpaired) electrons. The normalized spacial score (nSPS) is 36.0. The van der Waals surface area contributed by atoms with E-state index in [0.29, 0.717) is 23.5 Å². The van der Waals surface area contributed by atoms with E-state index < -0.39 is 17.9 Å². The second-order valence-corrected chi connectivity index (χ2v) is 5.17. The lowest BCUT2D eigenvalue weighted by molar-refractivity contribution is -0.130. The number of nitrogens with one attached hydrogen (secondary N) is 1. The molecular formula is C11H14N6O3. The van der Waals surface area contributed by atoms with E-state index in [9.17, 15) is 10.2 Å². The number of anilines is 1. The van der Waals surface area contributed by atoms with Crippen molar-refractivity contribution in [3.63, 3.8) is 0 Å². The van der Waals surface area contributed by atoms with E-state index in [1.807, 2.05) is 0 Å². The molecule has 0 aromatic carbocycles. The van der Waals surface area contributed by atoms with Crippen LogP contribution in [0.1, 0.15) is 6.23 Å². The number of aromatic nitrogens is 4. The first kappa shape index (κ1) is 12.0. The number of aliphatic hydroxyl groups is 2. The van der Waals surface area contributed by atoms with Gasteiger partial charge in [-0.05, 0) is 0 Å². The quantitative estimate of drug-likeness (QED) is 0.496. The number of aliphatic hydroxyl groups excluding tert-OH is 2. The Morgan fingerprint density at radius 3 is 3.10 bits per heavy atom. The highest BCUT2D eigenvalue weighted by Gasteiger charge is 2.60. The van der Waals surface area contributed by atoms with E-state index in [0.717, 1.165) is 0 Å². The fraction of sp³-hybridized carbons (Fsp3) is 0.545. The first-order chi connectivity index (χ1) is 9.66. The van der Waals surface area contributed by atoms with Crippen LogP contribution in [-0.4, -0.2) is 60.6 Å². The molecule has 2 aromatic rings. The molecular weight excluding hydrogens is 264 g/mol. The topological polar surface area (TPSA) is 131 Å². The molecule has 2 aliphatic heterocycles. The third-order valence-corrected chi connectivity index (χ3v) is 4.11. The first-order valence-corrected chi connectivity index (χ1v) is 6.29. The predicted octanol–water partition coefficient (Wildman–Crippen LogP) is -2.00. The van der Waals surface area contributed by atoms with E-state index in [2.05, 4.69) is 20.3 Å². The molecule has 0 amide bonds. The average molecular weight is 278 g/mol. The Bertz CT molecular complexity index is 675. The largest absolute Gasteiger partial charge is 0.393 e. The molecule has 2 aromatic heterocycles. The van der Waals surface area contributed by atoms with E-state index in [1.165, 1.54) is 6.33 Å². The second kappa shape index (κ2) is 3.85. The minimum Gasteiger partial charge on any atom is -0.393 e. The zero-order chi connectivity index (χ0) is 13.9. The van der Waals surface area contributed by atoms with Crippen LogP contribution in [0.4, 0.5) is 5.82 Å². The van der Waals surface area contributed by atoms with Crippen LogP contribution >= 0.6 is 0 Å². The van der Waals surface area contributed by atoms with Gasteiger partial charge in [-0.15, -0.1) is 0 Å². The summed E-state index contributed by atoms with van der Waals surface area (Å²) >= 11 is 0. The van der Waals surface area contributed by atoms with Crippen LogP contribution < -0.4 is 11.1 Å². The van der Waals surface area contributed by atoms with Crippen molar-refractivity contribution in [2.75, 3.05) is 18.9 Å². The van der Waals surface area contributed by atoms with Crippen LogP contribution in [0.3, 0.4) is 0 Å². The molecule has 4 atom stereocenters. The minimum absolute atomic E-state index is 0.252. The zero-order valence-corrected chi connectivity index (χ0v) is 10.5. The smallest absolute Gasteiger partial charge is 0.167 e. The number of nitrogens with two attached hydrogens (primary N) is 1. The molecule has 0 aliphatic carbocycles. The van der Waals surface area contributed by atoms with Crippen LogP contribution in [0.25, 0.3) is 11.2 Å². The summed E-state index contributed by atoms with van der Waals surface area (Å²) < 4.78 is 7.56. The van der Waals surface area contributed by atoms with Crippen molar-refractivity contribution < 1.29 is 14.9 Å². The first-order valence-electron chi connectivity index (χ1n) is 6.29. The Labute approximate surface area is 113 Å². The summed E-state index contributed by atoms with van der Waals surface area (Å²) in [6.45, 7) is 0.160. The maximum absolute atomic E-state index is 10.2. The number of nitrogen functional groups attached to an aromatic ring is 1. The van der Waals surface area contributed by atoms with E-state index in [-0.39, 0.29) is 12.6 Å². The number of ether oxygens (including phenoxy) is 1. The SMILES string of the molecule is Nc1ncnc2c1ncn2[C@@H]1O[C@]2(CO)CN[C@H]1C2O. The molecule has 1 unspecified atom stereocenters. The molecule has 4 heterocycles. The van der Waals surface area contributed by atoms with Crippen LogP contribution in [0.2, 0.25) is 0 Å². The predicted molar refractivity (Wildman–Crippen MR) is 67.5 cm³/mol. The Morgan fingerprint density at radius 2 is 2.35 bits per heavy atom. The average Bonchev–Trinajstić information content (AvgIpc) is 3.10. The lowest BCUT2D eigenvalue weighted by atomic mass is 10.0. The Kier molecular flexibility index (Phi) is 2.31. The van der Waals surface area contributed by atoms with Gasteiger partial charge in [0.25, 0.3) is 0 Å². The van der Waals surface area contributed by atoms with Crippen molar-refractivity contribution in [1.82, 2.24) is 24.8 Å². The summed E-state index contributed by atoms with van der Waals surface area (Å²) in [5.41, 5.74) is 5.81. The van der Waals surface area contributed by atoms with E-state index in [1.54, 1.807) is 10.9 Å². The minimum atomic E-state index is -0.968. The van der Waals surface area contributed by atoms with Crippen molar-refractivity contribution in [2.24, 2.45) is 0 Å². The fourth-order valence-electron chi connectivity index (χ4n) is 2.99. The van der Waals surface area contributed by atoms with Gasteiger partial charge in [0.05, 0.1) is 19.0 Å². The maximum atomic E-state index is 10.2. The van der Waals surface area contributed by atoms with Crippen LogP contribution in [0.5, 0.6) is 0 Å². The second-order valence-electron chi connectivity index (χ2n) is 5.17. The van der Waals surface area contributed by atoms with Crippen molar-refractivity contribution in [3.8, 4) is 0 Å².